The summed E-state index contributed by atoms with van der Waals surface area (Å²) in [5, 5.41) is 9.19. The summed E-state index contributed by atoms with van der Waals surface area (Å²) in [4.78, 5) is 15.3. The molecule has 1 aliphatic carbocycles. The summed E-state index contributed by atoms with van der Waals surface area (Å²) in [6, 6.07) is 1.72. The maximum absolute atomic E-state index is 11.2. The van der Waals surface area contributed by atoms with E-state index >= 15 is 0 Å². The monoisotopic (exact) mass is 237 g/mol. The van der Waals surface area contributed by atoms with Crippen LogP contribution in [0.4, 0.5) is 0 Å². The Morgan fingerprint density at radius 2 is 2.18 bits per heavy atom. The van der Waals surface area contributed by atoms with Gasteiger partial charge in [-0.25, -0.2) is 4.98 Å². The molecule has 0 bridgehead atoms. The molecule has 1 N–H and O–H groups in total. The SMILES string of the molecule is COc1ccnc(OC)c1CC1(C(=O)O)CC1. The maximum atomic E-state index is 11.2. The first-order valence-electron chi connectivity index (χ1n) is 5.42. The molecule has 0 radical (unpaired) electrons. The Kier molecular flexibility index (Phi) is 2.92. The van der Waals surface area contributed by atoms with Crippen molar-refractivity contribution < 1.29 is 19.4 Å². The Morgan fingerprint density at radius 1 is 1.47 bits per heavy atom. The first-order chi connectivity index (χ1) is 8.13. The van der Waals surface area contributed by atoms with Crippen molar-refractivity contribution in [3.63, 3.8) is 0 Å². The Hall–Kier alpha value is -1.78. The van der Waals surface area contributed by atoms with Gasteiger partial charge >= 0.3 is 5.97 Å². The second-order valence-electron chi connectivity index (χ2n) is 4.26. The largest absolute Gasteiger partial charge is 0.496 e. The molecular weight excluding hydrogens is 222 g/mol. The smallest absolute Gasteiger partial charge is 0.309 e. The fourth-order valence-corrected chi connectivity index (χ4v) is 1.94. The number of aliphatic carboxylic acids is 1. The number of ether oxygens (including phenoxy) is 2. The molecule has 5 nitrogen and oxygen atoms in total. The number of carboxylic acid groups (broad SMARTS) is 1. The van der Waals surface area contributed by atoms with Crippen LogP contribution in [-0.4, -0.2) is 30.3 Å². The van der Waals surface area contributed by atoms with Crippen molar-refractivity contribution in [2.24, 2.45) is 5.41 Å². The lowest BCUT2D eigenvalue weighted by molar-refractivity contribution is -0.143. The van der Waals surface area contributed by atoms with Gasteiger partial charge in [0.1, 0.15) is 5.75 Å². The van der Waals surface area contributed by atoms with Crippen molar-refractivity contribution in [3.05, 3.63) is 17.8 Å². The van der Waals surface area contributed by atoms with Gasteiger partial charge < -0.3 is 14.6 Å². The highest BCUT2D eigenvalue weighted by Gasteiger charge is 2.51. The van der Waals surface area contributed by atoms with Gasteiger partial charge in [-0.1, -0.05) is 0 Å². The topological polar surface area (TPSA) is 68.7 Å². The molecule has 0 spiro atoms. The van der Waals surface area contributed by atoms with Crippen LogP contribution in [-0.2, 0) is 11.2 Å². The van der Waals surface area contributed by atoms with Crippen LogP contribution >= 0.6 is 0 Å². The zero-order valence-corrected chi connectivity index (χ0v) is 9.90. The van der Waals surface area contributed by atoms with Crippen LogP contribution in [0, 0.1) is 5.41 Å². The average Bonchev–Trinajstić information content (AvgIpc) is 3.10. The molecular formula is C12H15NO4. The number of carbonyl (C=O) groups is 1. The lowest BCUT2D eigenvalue weighted by Crippen LogP contribution is -2.18. The zero-order chi connectivity index (χ0) is 12.5. The van der Waals surface area contributed by atoms with Crippen molar-refractivity contribution in [2.45, 2.75) is 19.3 Å². The zero-order valence-electron chi connectivity index (χ0n) is 9.90. The van der Waals surface area contributed by atoms with Crippen LogP contribution in [0.3, 0.4) is 0 Å². The maximum Gasteiger partial charge on any atom is 0.309 e. The first kappa shape index (κ1) is 11.7. The standard InChI is InChI=1S/C12H15NO4/c1-16-9-3-6-13-10(17-2)8(9)7-12(4-5-12)11(14)15/h3,6H,4-5,7H2,1-2H3,(H,14,15). The van der Waals surface area contributed by atoms with E-state index in [-0.39, 0.29) is 0 Å². The molecule has 2 rings (SSSR count). The average molecular weight is 237 g/mol. The molecule has 1 saturated carbocycles. The van der Waals surface area contributed by atoms with E-state index in [9.17, 15) is 9.90 Å². The normalized spacial score (nSPS) is 16.4. The van der Waals surface area contributed by atoms with E-state index in [1.807, 2.05) is 0 Å². The third kappa shape index (κ3) is 2.05. The van der Waals surface area contributed by atoms with Gasteiger partial charge in [0.15, 0.2) is 0 Å². The molecule has 92 valence electrons. The summed E-state index contributed by atoms with van der Waals surface area (Å²) >= 11 is 0. The van der Waals surface area contributed by atoms with E-state index in [1.165, 1.54) is 7.11 Å². The number of rotatable bonds is 5. The van der Waals surface area contributed by atoms with E-state index in [0.29, 0.717) is 30.9 Å². The molecule has 0 atom stereocenters. The van der Waals surface area contributed by atoms with Crippen molar-refractivity contribution >= 4 is 5.97 Å². The number of aromatic nitrogens is 1. The second kappa shape index (κ2) is 4.24. The Bertz CT molecular complexity index is 418. The van der Waals surface area contributed by atoms with Crippen LogP contribution in [0.15, 0.2) is 12.3 Å². The third-order valence-electron chi connectivity index (χ3n) is 3.21. The predicted octanol–water partition coefficient (Wildman–Crippen LogP) is 1.51. The Balaban J connectivity index is 2.34. The summed E-state index contributed by atoms with van der Waals surface area (Å²) in [6.45, 7) is 0. The quantitative estimate of drug-likeness (QED) is 0.840. The van der Waals surface area contributed by atoms with Crippen LogP contribution in [0.1, 0.15) is 18.4 Å². The molecule has 0 aliphatic heterocycles. The van der Waals surface area contributed by atoms with Gasteiger partial charge in [-0.2, -0.15) is 0 Å². The molecule has 17 heavy (non-hydrogen) atoms. The molecule has 0 saturated heterocycles. The van der Waals surface area contributed by atoms with Crippen LogP contribution in [0.5, 0.6) is 11.6 Å². The van der Waals surface area contributed by atoms with Crippen molar-refractivity contribution in [1.29, 1.82) is 0 Å². The minimum absolute atomic E-state index is 0.405. The third-order valence-corrected chi connectivity index (χ3v) is 3.21. The highest BCUT2D eigenvalue weighted by molar-refractivity contribution is 5.78. The lowest BCUT2D eigenvalue weighted by atomic mass is 9.97. The highest BCUT2D eigenvalue weighted by atomic mass is 16.5. The molecule has 5 heteroatoms. The predicted molar refractivity (Wildman–Crippen MR) is 60.3 cm³/mol. The lowest BCUT2D eigenvalue weighted by Gasteiger charge is -2.15. The Morgan fingerprint density at radius 3 is 2.65 bits per heavy atom. The summed E-state index contributed by atoms with van der Waals surface area (Å²) < 4.78 is 10.4. The van der Waals surface area contributed by atoms with Gasteiger partial charge in [-0.05, 0) is 25.3 Å². The first-order valence-corrected chi connectivity index (χ1v) is 5.42. The van der Waals surface area contributed by atoms with E-state index < -0.39 is 11.4 Å². The number of pyridine rings is 1. The molecule has 1 aliphatic rings. The molecule has 1 aromatic rings. The minimum Gasteiger partial charge on any atom is -0.496 e. The van der Waals surface area contributed by atoms with Crippen LogP contribution in [0.2, 0.25) is 0 Å². The number of methoxy groups -OCH3 is 2. The fraction of sp³-hybridized carbons (Fsp3) is 0.500. The molecule has 0 aromatic carbocycles. The second-order valence-corrected chi connectivity index (χ2v) is 4.26. The van der Waals surface area contributed by atoms with Crippen molar-refractivity contribution in [3.8, 4) is 11.6 Å². The number of hydrogen-bond donors (Lipinski definition) is 1. The van der Waals surface area contributed by atoms with Gasteiger partial charge in [0.25, 0.3) is 0 Å². The molecule has 0 unspecified atom stereocenters. The molecule has 1 aromatic heterocycles. The van der Waals surface area contributed by atoms with Gasteiger partial charge in [-0.15, -0.1) is 0 Å². The molecule has 1 heterocycles. The van der Waals surface area contributed by atoms with E-state index in [0.717, 1.165) is 5.56 Å². The highest BCUT2D eigenvalue weighted by Crippen LogP contribution is 2.50. The van der Waals surface area contributed by atoms with Gasteiger partial charge in [-0.3, -0.25) is 4.79 Å². The summed E-state index contributed by atoms with van der Waals surface area (Å²) in [5.41, 5.74) is 0.0845. The fourth-order valence-electron chi connectivity index (χ4n) is 1.94. The van der Waals surface area contributed by atoms with Crippen LogP contribution < -0.4 is 9.47 Å². The summed E-state index contributed by atoms with van der Waals surface area (Å²) in [7, 11) is 3.07. The molecule has 1 fully saturated rings. The summed E-state index contributed by atoms with van der Waals surface area (Å²) in [6.07, 6.45) is 3.39. The Labute approximate surface area is 99.4 Å². The number of carboxylic acids is 1. The number of hydrogen-bond acceptors (Lipinski definition) is 4. The van der Waals surface area contributed by atoms with Gasteiger partial charge in [0.05, 0.1) is 25.2 Å². The van der Waals surface area contributed by atoms with Crippen molar-refractivity contribution in [1.82, 2.24) is 4.98 Å². The van der Waals surface area contributed by atoms with Gasteiger partial charge in [0.2, 0.25) is 5.88 Å². The van der Waals surface area contributed by atoms with E-state index in [2.05, 4.69) is 4.98 Å². The summed E-state index contributed by atoms with van der Waals surface area (Å²) in [5.74, 6) is 0.312. The van der Waals surface area contributed by atoms with Crippen LogP contribution in [0.25, 0.3) is 0 Å². The van der Waals surface area contributed by atoms with E-state index in [4.69, 9.17) is 9.47 Å². The van der Waals surface area contributed by atoms with Gasteiger partial charge in [0, 0.05) is 6.20 Å². The number of nitrogens with zero attached hydrogens (tertiary/aromatic N) is 1. The minimum atomic E-state index is -0.759. The van der Waals surface area contributed by atoms with E-state index in [1.54, 1.807) is 19.4 Å². The van der Waals surface area contributed by atoms with Crippen molar-refractivity contribution in [2.75, 3.05) is 14.2 Å². The molecule has 0 amide bonds.